The van der Waals surface area contributed by atoms with Gasteiger partial charge in [-0.3, -0.25) is 14.4 Å². The maximum Gasteiger partial charge on any atom is 0.321 e. The molecule has 1 aromatic carbocycles. The molecular formula is C36H55N5O6. The molecule has 3 amide bonds. The minimum absolute atomic E-state index is 0.116. The van der Waals surface area contributed by atoms with E-state index < -0.39 is 0 Å². The number of nitrogens with one attached hydrogen (secondary N) is 2. The number of hydrogen-bond donors (Lipinski definition) is 4. The van der Waals surface area contributed by atoms with E-state index in [0.717, 1.165) is 12.0 Å². The molecule has 4 rings (SSSR count). The van der Waals surface area contributed by atoms with Crippen molar-refractivity contribution >= 4 is 40.5 Å². The molecule has 1 aliphatic heterocycles. The number of rotatable bonds is 6. The SMILES string of the molecule is C/C=C(\C)C(C)=O.CC.CC.CC(=O)c1cn2cc(NC(=O)c3ccc(NC(=O)N4CCC(O)CC4)cc3)ccc2n1.CCC(C)O. The summed E-state index contributed by atoms with van der Waals surface area (Å²) in [6, 6.07) is 9.83. The number of benzene rings is 1. The van der Waals surface area contributed by atoms with E-state index in [2.05, 4.69) is 15.6 Å². The van der Waals surface area contributed by atoms with Crippen molar-refractivity contribution in [3.63, 3.8) is 0 Å². The number of hydrogen-bond acceptors (Lipinski definition) is 7. The number of allylic oxidation sites excluding steroid dienone is 2. The third-order valence-corrected chi connectivity index (χ3v) is 6.80. The second kappa shape index (κ2) is 23.0. The lowest BCUT2D eigenvalue weighted by atomic mass is 10.1. The molecule has 260 valence electrons. The van der Waals surface area contributed by atoms with Gasteiger partial charge in [-0.05, 0) is 88.9 Å². The van der Waals surface area contributed by atoms with Gasteiger partial charge in [0, 0.05) is 43.7 Å². The zero-order valence-corrected chi connectivity index (χ0v) is 29.8. The lowest BCUT2D eigenvalue weighted by Gasteiger charge is -2.29. The first-order valence-electron chi connectivity index (χ1n) is 16.3. The highest BCUT2D eigenvalue weighted by Gasteiger charge is 2.21. The van der Waals surface area contributed by atoms with Crippen molar-refractivity contribution in [2.24, 2.45) is 0 Å². The summed E-state index contributed by atoms with van der Waals surface area (Å²) in [5, 5.41) is 23.5. The molecule has 11 heteroatoms. The van der Waals surface area contributed by atoms with E-state index in [4.69, 9.17) is 5.11 Å². The molecule has 3 aromatic rings. The molecule has 0 saturated carbocycles. The lowest BCUT2D eigenvalue weighted by Crippen LogP contribution is -2.42. The summed E-state index contributed by atoms with van der Waals surface area (Å²) in [6.07, 6.45) is 6.68. The Kier molecular flexibility index (Phi) is 20.9. The zero-order valence-electron chi connectivity index (χ0n) is 29.8. The first kappa shape index (κ1) is 42.6. The minimum Gasteiger partial charge on any atom is -0.393 e. The van der Waals surface area contributed by atoms with Crippen LogP contribution in [0.3, 0.4) is 0 Å². The molecule has 2 aromatic heterocycles. The number of amides is 3. The number of carbonyl (C=O) groups is 4. The Balaban J connectivity index is 0.00000111. The maximum atomic E-state index is 12.6. The van der Waals surface area contributed by atoms with Gasteiger partial charge in [-0.25, -0.2) is 9.78 Å². The average Bonchev–Trinajstić information content (AvgIpc) is 3.51. The Labute approximate surface area is 280 Å². The number of aliphatic hydroxyl groups is 2. The number of Topliss-reactive ketones (excluding diaryl/α,β-unsaturated/α-hetero) is 2. The van der Waals surface area contributed by atoms with Crippen LogP contribution in [0.1, 0.15) is 109 Å². The number of likely N-dealkylation sites (tertiary alicyclic amines) is 1. The van der Waals surface area contributed by atoms with Gasteiger partial charge in [0.15, 0.2) is 11.6 Å². The normalized spacial score (nSPS) is 13.1. The predicted octanol–water partition coefficient (Wildman–Crippen LogP) is 7.15. The van der Waals surface area contributed by atoms with Crippen LogP contribution in [0.2, 0.25) is 0 Å². The molecule has 1 unspecified atom stereocenters. The van der Waals surface area contributed by atoms with Gasteiger partial charge >= 0.3 is 6.03 Å². The molecule has 3 heterocycles. The summed E-state index contributed by atoms with van der Waals surface area (Å²) in [6.45, 7) is 19.4. The van der Waals surface area contributed by atoms with Gasteiger partial charge in [0.1, 0.15) is 11.3 Å². The number of anilines is 2. The van der Waals surface area contributed by atoms with Gasteiger partial charge in [-0.1, -0.05) is 40.7 Å². The summed E-state index contributed by atoms with van der Waals surface area (Å²) in [7, 11) is 0. The monoisotopic (exact) mass is 653 g/mol. The van der Waals surface area contributed by atoms with E-state index in [-0.39, 0.29) is 35.7 Å². The molecule has 4 N–H and O–H groups in total. The van der Waals surface area contributed by atoms with Crippen LogP contribution in [-0.2, 0) is 4.79 Å². The maximum absolute atomic E-state index is 12.6. The number of imidazole rings is 1. The molecule has 0 spiro atoms. The highest BCUT2D eigenvalue weighted by Crippen LogP contribution is 2.17. The second-order valence-corrected chi connectivity index (χ2v) is 10.3. The number of aromatic nitrogens is 2. The van der Waals surface area contributed by atoms with Crippen molar-refractivity contribution in [3.05, 3.63) is 71.7 Å². The van der Waals surface area contributed by atoms with Crippen LogP contribution in [0.4, 0.5) is 16.2 Å². The van der Waals surface area contributed by atoms with E-state index in [1.807, 2.05) is 54.5 Å². The van der Waals surface area contributed by atoms with Crippen LogP contribution in [-0.4, -0.2) is 73.3 Å². The van der Waals surface area contributed by atoms with Crippen molar-refractivity contribution in [3.8, 4) is 0 Å². The number of aliphatic hydroxyl groups excluding tert-OH is 2. The van der Waals surface area contributed by atoms with Crippen molar-refractivity contribution in [2.45, 2.75) is 101 Å². The van der Waals surface area contributed by atoms with E-state index in [1.54, 1.807) is 71.9 Å². The highest BCUT2D eigenvalue weighted by atomic mass is 16.3. The van der Waals surface area contributed by atoms with Gasteiger partial charge < -0.3 is 30.1 Å². The Bertz CT molecular complexity index is 1420. The topological polar surface area (TPSA) is 153 Å². The Morgan fingerprint density at radius 1 is 0.915 bits per heavy atom. The standard InChI is InChI=1S/C22H23N5O4.C6H10O.C4H10O.2C2H6/c1-14(28)19-13-27-12-17(6-7-20(27)25-19)23-21(30)15-2-4-16(5-3-15)24-22(31)26-10-8-18(29)9-11-26;1-4-5(2)6(3)7;1-3-4(2)5;2*1-2/h2-7,12-13,18,29H,8-11H2,1H3,(H,23,30)(H,24,31);4H,1-3H3;4-5H,3H2,1-2H3;2*1-2H3/b;5-4+;;;. The average molecular weight is 654 g/mol. The number of urea groups is 1. The van der Waals surface area contributed by atoms with Crippen LogP contribution in [0.15, 0.2) is 60.4 Å². The smallest absolute Gasteiger partial charge is 0.321 e. The minimum atomic E-state index is -0.340. The van der Waals surface area contributed by atoms with Crippen molar-refractivity contribution < 1.29 is 29.4 Å². The molecule has 1 atom stereocenters. The van der Waals surface area contributed by atoms with E-state index in [1.165, 1.54) is 6.92 Å². The largest absolute Gasteiger partial charge is 0.393 e. The fourth-order valence-electron chi connectivity index (χ4n) is 3.62. The van der Waals surface area contributed by atoms with Crippen LogP contribution in [0, 0.1) is 0 Å². The van der Waals surface area contributed by atoms with Crippen LogP contribution < -0.4 is 10.6 Å². The van der Waals surface area contributed by atoms with E-state index in [0.29, 0.717) is 54.2 Å². The Morgan fingerprint density at radius 3 is 1.89 bits per heavy atom. The third-order valence-electron chi connectivity index (χ3n) is 6.80. The van der Waals surface area contributed by atoms with Crippen molar-refractivity contribution in [2.75, 3.05) is 23.7 Å². The van der Waals surface area contributed by atoms with Gasteiger partial charge in [-0.15, -0.1) is 0 Å². The molecular weight excluding hydrogens is 598 g/mol. The number of fused-ring (bicyclic) bond motifs is 1. The summed E-state index contributed by atoms with van der Waals surface area (Å²) in [5.74, 6) is -0.268. The van der Waals surface area contributed by atoms with Crippen LogP contribution in [0.5, 0.6) is 0 Å². The van der Waals surface area contributed by atoms with Crippen molar-refractivity contribution in [1.29, 1.82) is 0 Å². The molecule has 0 aliphatic carbocycles. The van der Waals surface area contributed by atoms with Gasteiger partial charge in [0.25, 0.3) is 5.91 Å². The van der Waals surface area contributed by atoms with Crippen molar-refractivity contribution in [1.82, 2.24) is 14.3 Å². The molecule has 47 heavy (non-hydrogen) atoms. The number of piperidine rings is 1. The first-order valence-corrected chi connectivity index (χ1v) is 16.3. The second-order valence-electron chi connectivity index (χ2n) is 10.3. The van der Waals surface area contributed by atoms with Crippen LogP contribution >= 0.6 is 0 Å². The molecule has 11 nitrogen and oxygen atoms in total. The summed E-state index contributed by atoms with van der Waals surface area (Å²) in [5.41, 5.74) is 3.40. The highest BCUT2D eigenvalue weighted by molar-refractivity contribution is 6.04. The number of ketones is 2. The Morgan fingerprint density at radius 2 is 1.45 bits per heavy atom. The van der Waals surface area contributed by atoms with E-state index >= 15 is 0 Å². The summed E-state index contributed by atoms with van der Waals surface area (Å²) >= 11 is 0. The number of pyridine rings is 1. The fourth-order valence-corrected chi connectivity index (χ4v) is 3.62. The molecule has 1 aliphatic rings. The third kappa shape index (κ3) is 15.7. The molecule has 1 saturated heterocycles. The summed E-state index contributed by atoms with van der Waals surface area (Å²) < 4.78 is 1.69. The first-order chi connectivity index (χ1) is 22.3. The molecule has 1 fully saturated rings. The zero-order chi connectivity index (χ0) is 36.1. The Hall–Kier alpha value is -4.35. The summed E-state index contributed by atoms with van der Waals surface area (Å²) in [4.78, 5) is 52.5. The van der Waals surface area contributed by atoms with E-state index in [9.17, 15) is 24.3 Å². The van der Waals surface area contributed by atoms with Gasteiger partial charge in [0.2, 0.25) is 0 Å². The molecule has 0 bridgehead atoms. The van der Waals surface area contributed by atoms with Gasteiger partial charge in [-0.2, -0.15) is 0 Å². The predicted molar refractivity (Wildman–Crippen MR) is 190 cm³/mol. The fraction of sp³-hybridized carbons (Fsp3) is 0.472. The lowest BCUT2D eigenvalue weighted by molar-refractivity contribution is -0.113. The van der Waals surface area contributed by atoms with Gasteiger partial charge in [0.05, 0.1) is 17.9 Å². The number of carbonyl (C=O) groups excluding carboxylic acids is 4. The quantitative estimate of drug-likeness (QED) is 0.163. The van der Waals surface area contributed by atoms with Crippen LogP contribution in [0.25, 0.3) is 5.65 Å². The molecule has 0 radical (unpaired) electrons. The number of nitrogens with zero attached hydrogens (tertiary/aromatic N) is 3.